The lowest BCUT2D eigenvalue weighted by atomic mass is 10.1. The summed E-state index contributed by atoms with van der Waals surface area (Å²) in [7, 11) is 0. The number of para-hydroxylation sites is 1. The molecule has 1 aliphatic carbocycles. The van der Waals surface area contributed by atoms with Crippen LogP contribution in [0.2, 0.25) is 0 Å². The zero-order chi connectivity index (χ0) is 22.4. The van der Waals surface area contributed by atoms with Gasteiger partial charge in [-0.15, -0.1) is 0 Å². The normalized spacial score (nSPS) is 17.4. The predicted octanol–water partition coefficient (Wildman–Crippen LogP) is 3.19. The lowest BCUT2D eigenvalue weighted by molar-refractivity contribution is 0.0621. The third-order valence-corrected chi connectivity index (χ3v) is 6.72. The molecule has 6 rings (SSSR count). The Bertz CT molecular complexity index is 1220. The van der Waals surface area contributed by atoms with E-state index in [9.17, 15) is 9.18 Å². The Balaban J connectivity index is 1.16. The molecule has 2 aliphatic heterocycles. The van der Waals surface area contributed by atoms with Crippen LogP contribution in [0.5, 0.6) is 11.5 Å². The zero-order valence-electron chi connectivity index (χ0n) is 18.3. The fraction of sp³-hybridized carbons (Fsp3) is 0.360. The van der Waals surface area contributed by atoms with Crippen molar-refractivity contribution in [2.24, 2.45) is 0 Å². The van der Waals surface area contributed by atoms with Gasteiger partial charge in [0, 0.05) is 44.0 Å². The average Bonchev–Trinajstić information content (AvgIpc) is 3.56. The van der Waals surface area contributed by atoms with Gasteiger partial charge in [-0.1, -0.05) is 18.2 Å². The Hall–Kier alpha value is -3.39. The van der Waals surface area contributed by atoms with Crippen molar-refractivity contribution in [1.82, 2.24) is 19.6 Å². The number of ether oxygens (including phenoxy) is 2. The number of benzene rings is 2. The molecule has 2 aromatic carbocycles. The van der Waals surface area contributed by atoms with Gasteiger partial charge in [-0.25, -0.2) is 9.07 Å². The third-order valence-electron chi connectivity index (χ3n) is 6.72. The molecular formula is C25H25FN4O3. The van der Waals surface area contributed by atoms with Crippen LogP contribution in [-0.4, -0.2) is 58.5 Å². The highest BCUT2D eigenvalue weighted by molar-refractivity contribution is 5.94. The van der Waals surface area contributed by atoms with Gasteiger partial charge >= 0.3 is 0 Å². The summed E-state index contributed by atoms with van der Waals surface area (Å²) in [5.41, 5.74) is 4.00. The molecule has 3 heterocycles. The minimum absolute atomic E-state index is 0.0500. The largest absolute Gasteiger partial charge is 0.454 e. The summed E-state index contributed by atoms with van der Waals surface area (Å²) < 4.78 is 26.9. The Morgan fingerprint density at radius 3 is 2.67 bits per heavy atom. The van der Waals surface area contributed by atoms with E-state index in [-0.39, 0.29) is 18.5 Å². The SMILES string of the molecule is O=C(c1nn(-c2ccccc2F)c2c1CCC2)N1CCN(Cc2ccc3c(c2)OCO3)CC1. The lowest BCUT2D eigenvalue weighted by Crippen LogP contribution is -2.48. The molecule has 0 saturated carbocycles. The lowest BCUT2D eigenvalue weighted by Gasteiger charge is -2.34. The first-order valence-electron chi connectivity index (χ1n) is 11.4. The minimum Gasteiger partial charge on any atom is -0.454 e. The van der Waals surface area contributed by atoms with Gasteiger partial charge < -0.3 is 14.4 Å². The summed E-state index contributed by atoms with van der Waals surface area (Å²) >= 11 is 0. The number of piperazine rings is 1. The highest BCUT2D eigenvalue weighted by Gasteiger charge is 2.31. The van der Waals surface area contributed by atoms with E-state index >= 15 is 0 Å². The van der Waals surface area contributed by atoms with Crippen LogP contribution >= 0.6 is 0 Å². The summed E-state index contributed by atoms with van der Waals surface area (Å²) in [4.78, 5) is 17.6. The van der Waals surface area contributed by atoms with Crippen molar-refractivity contribution in [3.8, 4) is 17.2 Å². The molecule has 1 amide bonds. The van der Waals surface area contributed by atoms with Crippen molar-refractivity contribution in [2.45, 2.75) is 25.8 Å². The first-order chi connectivity index (χ1) is 16.2. The summed E-state index contributed by atoms with van der Waals surface area (Å²) in [5.74, 6) is 1.20. The molecular weight excluding hydrogens is 423 g/mol. The van der Waals surface area contributed by atoms with Gasteiger partial charge in [0.05, 0.1) is 0 Å². The van der Waals surface area contributed by atoms with Crippen LogP contribution in [-0.2, 0) is 19.4 Å². The molecule has 0 N–H and O–H groups in total. The Morgan fingerprint density at radius 1 is 1.00 bits per heavy atom. The number of hydrogen-bond donors (Lipinski definition) is 0. The van der Waals surface area contributed by atoms with Crippen molar-refractivity contribution in [3.05, 3.63) is 70.8 Å². The second kappa shape index (κ2) is 8.19. The number of fused-ring (bicyclic) bond motifs is 2. The van der Waals surface area contributed by atoms with Gasteiger partial charge in [0.15, 0.2) is 17.2 Å². The molecule has 1 saturated heterocycles. The number of carbonyl (C=O) groups is 1. The fourth-order valence-corrected chi connectivity index (χ4v) is 4.99. The van der Waals surface area contributed by atoms with E-state index in [1.165, 1.54) is 11.6 Å². The van der Waals surface area contributed by atoms with Crippen LogP contribution in [0.15, 0.2) is 42.5 Å². The van der Waals surface area contributed by atoms with Crippen LogP contribution in [0.3, 0.4) is 0 Å². The molecule has 3 aromatic rings. The smallest absolute Gasteiger partial charge is 0.274 e. The van der Waals surface area contributed by atoms with E-state index in [1.54, 1.807) is 22.9 Å². The van der Waals surface area contributed by atoms with Crippen molar-refractivity contribution >= 4 is 5.91 Å². The quantitative estimate of drug-likeness (QED) is 0.614. The van der Waals surface area contributed by atoms with Crippen molar-refractivity contribution in [1.29, 1.82) is 0 Å². The molecule has 0 spiro atoms. The maximum atomic E-state index is 14.4. The van der Waals surface area contributed by atoms with Crippen LogP contribution < -0.4 is 9.47 Å². The predicted molar refractivity (Wildman–Crippen MR) is 119 cm³/mol. The first kappa shape index (κ1) is 20.2. The van der Waals surface area contributed by atoms with Gasteiger partial charge in [-0.2, -0.15) is 5.10 Å². The molecule has 0 bridgehead atoms. The molecule has 33 heavy (non-hydrogen) atoms. The topological polar surface area (TPSA) is 59.8 Å². The van der Waals surface area contributed by atoms with Gasteiger partial charge in [0.2, 0.25) is 6.79 Å². The average molecular weight is 448 g/mol. The molecule has 8 heteroatoms. The molecule has 170 valence electrons. The van der Waals surface area contributed by atoms with Crippen LogP contribution in [0, 0.1) is 5.82 Å². The molecule has 1 aromatic heterocycles. The Morgan fingerprint density at radius 2 is 1.82 bits per heavy atom. The first-order valence-corrected chi connectivity index (χ1v) is 11.4. The second-order valence-electron chi connectivity index (χ2n) is 8.75. The van der Waals surface area contributed by atoms with E-state index in [1.807, 2.05) is 17.0 Å². The van der Waals surface area contributed by atoms with Crippen LogP contribution in [0.4, 0.5) is 4.39 Å². The van der Waals surface area contributed by atoms with E-state index in [0.717, 1.165) is 61.7 Å². The summed E-state index contributed by atoms with van der Waals surface area (Å²) in [5, 5.41) is 4.60. The Labute approximate surface area is 191 Å². The summed E-state index contributed by atoms with van der Waals surface area (Å²) in [6.45, 7) is 3.94. The van der Waals surface area contributed by atoms with Gasteiger partial charge in [-0.3, -0.25) is 9.69 Å². The summed E-state index contributed by atoms with van der Waals surface area (Å²) in [6, 6.07) is 12.6. The standard InChI is InChI=1S/C25H25FN4O3/c26-19-5-1-2-6-21(19)30-20-7-3-4-18(20)24(27-30)25(31)29-12-10-28(11-13-29)15-17-8-9-22-23(14-17)33-16-32-22/h1-2,5-6,8-9,14H,3-4,7,10-13,15-16H2. The fourth-order valence-electron chi connectivity index (χ4n) is 4.99. The van der Waals surface area contributed by atoms with Gasteiger partial charge in [0.25, 0.3) is 5.91 Å². The maximum Gasteiger partial charge on any atom is 0.274 e. The van der Waals surface area contributed by atoms with Crippen molar-refractivity contribution in [2.75, 3.05) is 33.0 Å². The number of hydrogen-bond acceptors (Lipinski definition) is 5. The molecule has 0 radical (unpaired) electrons. The summed E-state index contributed by atoms with van der Waals surface area (Å²) in [6.07, 6.45) is 2.59. The maximum absolute atomic E-state index is 14.4. The molecule has 1 fully saturated rings. The van der Waals surface area contributed by atoms with Crippen molar-refractivity contribution < 1.29 is 18.7 Å². The van der Waals surface area contributed by atoms with E-state index in [0.29, 0.717) is 24.5 Å². The number of carbonyl (C=O) groups excluding carboxylic acids is 1. The highest BCUT2D eigenvalue weighted by Crippen LogP contribution is 2.33. The van der Waals surface area contributed by atoms with Crippen molar-refractivity contribution in [3.63, 3.8) is 0 Å². The third kappa shape index (κ3) is 3.64. The highest BCUT2D eigenvalue weighted by atomic mass is 19.1. The van der Waals surface area contributed by atoms with Gasteiger partial charge in [-0.05, 0) is 49.1 Å². The molecule has 0 atom stereocenters. The zero-order valence-corrected chi connectivity index (χ0v) is 18.3. The number of amides is 1. The molecule has 3 aliphatic rings. The minimum atomic E-state index is -0.328. The van der Waals surface area contributed by atoms with Gasteiger partial charge in [0.1, 0.15) is 11.5 Å². The number of aromatic nitrogens is 2. The van der Waals surface area contributed by atoms with E-state index in [4.69, 9.17) is 9.47 Å². The van der Waals surface area contributed by atoms with E-state index in [2.05, 4.69) is 16.1 Å². The second-order valence-corrected chi connectivity index (χ2v) is 8.75. The monoisotopic (exact) mass is 448 g/mol. The number of nitrogens with zero attached hydrogens (tertiary/aromatic N) is 4. The molecule has 0 unspecified atom stereocenters. The number of rotatable bonds is 4. The molecule has 7 nitrogen and oxygen atoms in total. The van der Waals surface area contributed by atoms with Crippen LogP contribution in [0.1, 0.15) is 33.7 Å². The number of halogens is 1. The van der Waals surface area contributed by atoms with E-state index < -0.39 is 0 Å². The Kier molecular flexibility index (Phi) is 5.02. The van der Waals surface area contributed by atoms with Crippen LogP contribution in [0.25, 0.3) is 5.69 Å².